The smallest absolute Gasteiger partial charge is 0.197 e. The number of rotatable bonds is 2. The van der Waals surface area contributed by atoms with E-state index in [2.05, 4.69) is 34.2 Å². The fraction of sp³-hybridized carbons (Fsp3) is 0.138. The molecule has 3 aromatic rings. The topological polar surface area (TPSA) is 50.3 Å². The number of fused-ring (bicyclic) bond motifs is 5. The van der Waals surface area contributed by atoms with Crippen molar-refractivity contribution in [2.24, 2.45) is 0 Å². The van der Waals surface area contributed by atoms with E-state index in [1.807, 2.05) is 18.3 Å². The van der Waals surface area contributed by atoms with Gasteiger partial charge in [0.15, 0.2) is 11.6 Å². The summed E-state index contributed by atoms with van der Waals surface area (Å²) in [6, 6.07) is 15.5. The average Bonchev–Trinajstić information content (AvgIpc) is 3.59. The molecule has 2 heterocycles. The Morgan fingerprint density at radius 3 is 2.39 bits per heavy atom. The number of allylic oxidation sites excluding steroid dienone is 5. The van der Waals surface area contributed by atoms with Crippen LogP contribution >= 0.6 is 0 Å². The van der Waals surface area contributed by atoms with Gasteiger partial charge in [-0.1, -0.05) is 48.5 Å². The summed E-state index contributed by atoms with van der Waals surface area (Å²) in [5.41, 5.74) is 10.2. The highest BCUT2D eigenvalue weighted by Crippen LogP contribution is 2.42. The van der Waals surface area contributed by atoms with Crippen LogP contribution in [0.15, 0.2) is 95.4 Å². The molecule has 0 N–H and O–H groups in total. The lowest BCUT2D eigenvalue weighted by Crippen LogP contribution is -2.21. The number of benzene rings is 2. The third kappa shape index (κ3) is 2.67. The molecule has 4 heteroatoms. The molecule has 7 rings (SSSR count). The molecule has 1 aliphatic heterocycles. The lowest BCUT2D eigenvalue weighted by atomic mass is 10.0. The van der Waals surface area contributed by atoms with Crippen molar-refractivity contribution >= 4 is 28.0 Å². The predicted molar refractivity (Wildman–Crippen MR) is 128 cm³/mol. The molecule has 0 spiro atoms. The number of hydrogen-bond acceptors (Lipinski definition) is 4. The summed E-state index contributed by atoms with van der Waals surface area (Å²) in [7, 11) is 0. The number of pyridine rings is 1. The van der Waals surface area contributed by atoms with Crippen LogP contribution in [0.4, 0.5) is 0 Å². The van der Waals surface area contributed by atoms with E-state index < -0.39 is 0 Å². The van der Waals surface area contributed by atoms with Crippen LogP contribution in [0, 0.1) is 0 Å². The number of hydrogen-bond donors (Lipinski definition) is 0. The first-order valence-electron chi connectivity index (χ1n) is 11.3. The Hall–Kier alpha value is -4.05. The molecule has 1 aromatic heterocycles. The number of carbonyl (C=O) groups is 2. The normalized spacial score (nSPS) is 18.7. The summed E-state index contributed by atoms with van der Waals surface area (Å²) in [6.45, 7) is 1.81. The van der Waals surface area contributed by atoms with Crippen LogP contribution in [-0.2, 0) is 6.42 Å². The van der Waals surface area contributed by atoms with Crippen LogP contribution in [0.25, 0.3) is 16.5 Å². The first-order valence-corrected chi connectivity index (χ1v) is 11.3. The standard InChI is InChI=1S/C29H20N2O2/c32-28-21-6-1-2-7-22(21)29(33)24(28)12-17-9-10-19(11-17)31-15-18-13-23-20-5-3-4-8-27(20)30-14-25(23)26(18)16-31/h1-10,12,14H,11,13,15-16H2. The van der Waals surface area contributed by atoms with Gasteiger partial charge in [0.2, 0.25) is 0 Å². The third-order valence-corrected chi connectivity index (χ3v) is 7.28. The third-order valence-electron chi connectivity index (χ3n) is 7.28. The maximum Gasteiger partial charge on any atom is 0.197 e. The van der Waals surface area contributed by atoms with Crippen LogP contribution in [0.3, 0.4) is 0 Å². The monoisotopic (exact) mass is 428 g/mol. The van der Waals surface area contributed by atoms with Gasteiger partial charge in [-0.15, -0.1) is 0 Å². The lowest BCUT2D eigenvalue weighted by Gasteiger charge is -2.22. The molecule has 0 unspecified atom stereocenters. The van der Waals surface area contributed by atoms with E-state index in [0.29, 0.717) is 11.1 Å². The molecule has 0 saturated heterocycles. The molecule has 0 bridgehead atoms. The summed E-state index contributed by atoms with van der Waals surface area (Å²) >= 11 is 0. The van der Waals surface area contributed by atoms with Crippen molar-refractivity contribution in [3.8, 4) is 0 Å². The highest BCUT2D eigenvalue weighted by molar-refractivity contribution is 6.39. The molecule has 2 aromatic carbocycles. The van der Waals surface area contributed by atoms with Crippen molar-refractivity contribution < 1.29 is 9.59 Å². The molecular formula is C29H20N2O2. The number of ketones is 2. The number of para-hydroxylation sites is 1. The van der Waals surface area contributed by atoms with Crippen molar-refractivity contribution in [1.82, 2.24) is 9.88 Å². The summed E-state index contributed by atoms with van der Waals surface area (Å²) < 4.78 is 0. The van der Waals surface area contributed by atoms with Crippen LogP contribution in [0.1, 0.15) is 38.3 Å². The van der Waals surface area contributed by atoms with Crippen molar-refractivity contribution in [2.45, 2.75) is 12.8 Å². The molecule has 0 radical (unpaired) electrons. The van der Waals surface area contributed by atoms with E-state index in [1.54, 1.807) is 30.3 Å². The Balaban J connectivity index is 1.09. The molecule has 158 valence electrons. The summed E-state index contributed by atoms with van der Waals surface area (Å²) in [4.78, 5) is 32.5. The fourth-order valence-corrected chi connectivity index (χ4v) is 5.62. The molecule has 0 amide bonds. The van der Waals surface area contributed by atoms with Crippen molar-refractivity contribution in [3.63, 3.8) is 0 Å². The van der Waals surface area contributed by atoms with E-state index >= 15 is 0 Å². The summed E-state index contributed by atoms with van der Waals surface area (Å²) in [5.74, 6) is -0.328. The number of carbonyl (C=O) groups excluding carboxylic acids is 2. The van der Waals surface area contributed by atoms with E-state index in [-0.39, 0.29) is 17.1 Å². The van der Waals surface area contributed by atoms with Gasteiger partial charge in [0.1, 0.15) is 0 Å². The maximum absolute atomic E-state index is 12.7. The Bertz CT molecular complexity index is 1510. The molecule has 33 heavy (non-hydrogen) atoms. The SMILES string of the molecule is O=C1C(=CC2=CC=C(N3CC4=C(C3)c3cnc5ccccc5c3C4)C2)C(=O)c2ccccc21. The quantitative estimate of drug-likeness (QED) is 0.422. The van der Waals surface area contributed by atoms with Crippen molar-refractivity contribution in [2.75, 3.05) is 13.1 Å². The van der Waals surface area contributed by atoms with E-state index in [4.69, 9.17) is 0 Å². The molecule has 0 fully saturated rings. The summed E-state index contributed by atoms with van der Waals surface area (Å²) in [6.07, 6.45) is 9.72. The van der Waals surface area contributed by atoms with Gasteiger partial charge in [0, 0.05) is 53.5 Å². The second-order valence-electron chi connectivity index (χ2n) is 9.12. The van der Waals surface area contributed by atoms with Crippen LogP contribution in [0.5, 0.6) is 0 Å². The first-order chi connectivity index (χ1) is 16.2. The van der Waals surface area contributed by atoms with Gasteiger partial charge in [-0.3, -0.25) is 14.6 Å². The van der Waals surface area contributed by atoms with Gasteiger partial charge in [0.25, 0.3) is 0 Å². The van der Waals surface area contributed by atoms with Crippen LogP contribution < -0.4 is 0 Å². The highest BCUT2D eigenvalue weighted by atomic mass is 16.2. The second kappa shape index (κ2) is 6.72. The molecule has 3 aliphatic carbocycles. The fourth-order valence-electron chi connectivity index (χ4n) is 5.62. The zero-order valence-corrected chi connectivity index (χ0v) is 18.0. The predicted octanol–water partition coefficient (Wildman–Crippen LogP) is 5.08. The zero-order valence-electron chi connectivity index (χ0n) is 18.0. The number of aromatic nitrogens is 1. The molecule has 0 saturated carbocycles. The van der Waals surface area contributed by atoms with Crippen molar-refractivity contribution in [3.05, 3.63) is 118 Å². The van der Waals surface area contributed by atoms with Gasteiger partial charge >= 0.3 is 0 Å². The summed E-state index contributed by atoms with van der Waals surface area (Å²) in [5, 5.41) is 1.26. The molecular weight excluding hydrogens is 408 g/mol. The minimum absolute atomic E-state index is 0.164. The van der Waals surface area contributed by atoms with E-state index in [1.165, 1.54) is 33.4 Å². The first kappa shape index (κ1) is 18.5. The van der Waals surface area contributed by atoms with Gasteiger partial charge in [-0.25, -0.2) is 0 Å². The van der Waals surface area contributed by atoms with Gasteiger partial charge in [-0.05, 0) is 46.9 Å². The Morgan fingerprint density at radius 1 is 0.818 bits per heavy atom. The van der Waals surface area contributed by atoms with Crippen molar-refractivity contribution in [1.29, 1.82) is 0 Å². The van der Waals surface area contributed by atoms with Crippen LogP contribution in [-0.4, -0.2) is 34.5 Å². The average molecular weight is 428 g/mol. The highest BCUT2D eigenvalue weighted by Gasteiger charge is 2.34. The van der Waals surface area contributed by atoms with E-state index in [0.717, 1.165) is 37.0 Å². The van der Waals surface area contributed by atoms with Gasteiger partial charge in [-0.2, -0.15) is 0 Å². The second-order valence-corrected chi connectivity index (χ2v) is 9.12. The number of nitrogens with zero attached hydrogens (tertiary/aromatic N) is 2. The lowest BCUT2D eigenvalue weighted by molar-refractivity contribution is 0.0988. The number of Topliss-reactive ketones (excluding diaryl/α,β-unsaturated/α-hetero) is 2. The maximum atomic E-state index is 12.7. The van der Waals surface area contributed by atoms with Gasteiger partial charge < -0.3 is 4.90 Å². The van der Waals surface area contributed by atoms with E-state index in [9.17, 15) is 9.59 Å². The Kier molecular flexibility index (Phi) is 3.77. The Labute approximate surface area is 191 Å². The zero-order chi connectivity index (χ0) is 22.1. The molecule has 4 nitrogen and oxygen atoms in total. The minimum Gasteiger partial charge on any atom is -0.366 e. The van der Waals surface area contributed by atoms with Gasteiger partial charge in [0.05, 0.1) is 11.1 Å². The molecule has 4 aliphatic rings. The van der Waals surface area contributed by atoms with Crippen LogP contribution in [0.2, 0.25) is 0 Å². The molecule has 0 atom stereocenters. The largest absolute Gasteiger partial charge is 0.366 e. The Morgan fingerprint density at radius 2 is 1.58 bits per heavy atom. The minimum atomic E-state index is -0.164.